The fourth-order valence-corrected chi connectivity index (χ4v) is 7.45. The largest absolute Gasteiger partial charge is 0.394 e. The number of fused-ring (bicyclic) bond motifs is 1. The van der Waals surface area contributed by atoms with Gasteiger partial charge in [-0.1, -0.05) is 45.9 Å². The van der Waals surface area contributed by atoms with E-state index in [4.69, 9.17) is 4.74 Å². The minimum Gasteiger partial charge on any atom is -0.394 e. The normalized spacial score (nSPS) is 33.9. The summed E-state index contributed by atoms with van der Waals surface area (Å²) in [5, 5.41) is 16.2. The zero-order valence-corrected chi connectivity index (χ0v) is 23.4. The van der Waals surface area contributed by atoms with E-state index < -0.39 is 40.7 Å². The van der Waals surface area contributed by atoms with E-state index in [1.54, 1.807) is 19.1 Å². The van der Waals surface area contributed by atoms with Gasteiger partial charge in [0.15, 0.2) is 0 Å². The maximum atomic E-state index is 14.1. The second kappa shape index (κ2) is 9.09. The van der Waals surface area contributed by atoms with E-state index in [0.717, 1.165) is 6.42 Å². The Morgan fingerprint density at radius 3 is 2.35 bits per heavy atom. The third-order valence-corrected chi connectivity index (χ3v) is 8.50. The van der Waals surface area contributed by atoms with Crippen molar-refractivity contribution >= 4 is 23.4 Å². The summed E-state index contributed by atoms with van der Waals surface area (Å²) in [7, 11) is 0. The first-order valence-corrected chi connectivity index (χ1v) is 13.4. The molecule has 0 aromatic heterocycles. The molecule has 3 aliphatic heterocycles. The minimum absolute atomic E-state index is 0.0217. The summed E-state index contributed by atoms with van der Waals surface area (Å²) < 4.78 is 6.73. The first kappa shape index (κ1) is 27.6. The number of likely N-dealkylation sites (tertiary alicyclic amines) is 1. The fraction of sp³-hybridized carbons (Fsp3) is 0.690. The molecule has 37 heavy (non-hydrogen) atoms. The number of aliphatic hydroxyl groups excluding tert-OH is 1. The predicted molar refractivity (Wildman–Crippen MR) is 142 cm³/mol. The molecule has 204 valence electrons. The molecule has 0 saturated carbocycles. The summed E-state index contributed by atoms with van der Waals surface area (Å²) in [6, 6.07) is 7.61. The van der Waals surface area contributed by atoms with Crippen molar-refractivity contribution < 1.29 is 24.2 Å². The van der Waals surface area contributed by atoms with E-state index in [1.807, 2.05) is 45.9 Å². The first-order chi connectivity index (χ1) is 17.1. The maximum Gasteiger partial charge on any atom is 0.246 e. The third-order valence-electron chi connectivity index (χ3n) is 8.50. The molecule has 0 radical (unpaired) electrons. The predicted octanol–water partition coefficient (Wildman–Crippen LogP) is 3.35. The number of rotatable bonds is 7. The molecule has 1 aromatic rings. The lowest BCUT2D eigenvalue weighted by Gasteiger charge is -2.39. The van der Waals surface area contributed by atoms with Gasteiger partial charge in [-0.05, 0) is 64.0 Å². The van der Waals surface area contributed by atoms with Crippen LogP contribution in [0.5, 0.6) is 0 Å². The Morgan fingerprint density at radius 1 is 1.16 bits per heavy atom. The number of carbonyl (C=O) groups excluding carboxylic acids is 3. The topological polar surface area (TPSA) is 108 Å². The molecule has 7 atom stereocenters. The monoisotopic (exact) mass is 513 g/mol. The van der Waals surface area contributed by atoms with Crippen molar-refractivity contribution in [1.82, 2.24) is 10.2 Å². The van der Waals surface area contributed by atoms with Crippen LogP contribution in [-0.2, 0) is 19.1 Å². The Kier molecular flexibility index (Phi) is 6.77. The molecule has 8 heteroatoms. The molecular weight excluding hydrogens is 470 g/mol. The maximum absolute atomic E-state index is 14.1. The number of anilines is 1. The van der Waals surface area contributed by atoms with Crippen LogP contribution in [0.4, 0.5) is 5.69 Å². The molecule has 3 N–H and O–H groups in total. The number of nitrogens with one attached hydrogen (secondary N) is 2. The van der Waals surface area contributed by atoms with Crippen molar-refractivity contribution in [2.24, 2.45) is 23.2 Å². The summed E-state index contributed by atoms with van der Waals surface area (Å²) in [4.78, 5) is 43.3. The Hall–Kier alpha value is -2.45. The highest BCUT2D eigenvalue weighted by atomic mass is 16.5. The molecule has 1 aromatic carbocycles. The summed E-state index contributed by atoms with van der Waals surface area (Å²) in [6.07, 6.45) is 1.22. The fourth-order valence-electron chi connectivity index (χ4n) is 7.45. The van der Waals surface area contributed by atoms with E-state index in [0.29, 0.717) is 12.1 Å². The van der Waals surface area contributed by atoms with Crippen molar-refractivity contribution in [1.29, 1.82) is 0 Å². The van der Waals surface area contributed by atoms with Crippen molar-refractivity contribution in [3.05, 3.63) is 30.3 Å². The summed E-state index contributed by atoms with van der Waals surface area (Å²) >= 11 is 0. The zero-order chi connectivity index (χ0) is 27.6. The van der Waals surface area contributed by atoms with E-state index >= 15 is 0 Å². The third kappa shape index (κ3) is 4.56. The smallest absolute Gasteiger partial charge is 0.246 e. The highest BCUT2D eigenvalue weighted by molar-refractivity contribution is 6.02. The lowest BCUT2D eigenvalue weighted by Crippen LogP contribution is -2.61. The van der Waals surface area contributed by atoms with Gasteiger partial charge in [0.2, 0.25) is 17.7 Å². The van der Waals surface area contributed by atoms with Crippen LogP contribution < -0.4 is 10.6 Å². The van der Waals surface area contributed by atoms with Gasteiger partial charge in [0.05, 0.1) is 30.1 Å². The number of amides is 3. The molecule has 0 aliphatic carbocycles. The molecule has 3 saturated heterocycles. The van der Waals surface area contributed by atoms with Crippen LogP contribution in [0.2, 0.25) is 0 Å². The number of hydrogen-bond donors (Lipinski definition) is 3. The molecular formula is C29H43N3O5. The van der Waals surface area contributed by atoms with E-state index in [-0.39, 0.29) is 35.7 Å². The molecule has 8 nitrogen and oxygen atoms in total. The Labute approximate surface area is 220 Å². The summed E-state index contributed by atoms with van der Waals surface area (Å²) in [5.74, 6) is -2.52. The number of para-hydroxylation sites is 1. The van der Waals surface area contributed by atoms with Gasteiger partial charge in [0, 0.05) is 11.2 Å². The molecule has 3 aliphatic rings. The van der Waals surface area contributed by atoms with Crippen LogP contribution in [0.3, 0.4) is 0 Å². The van der Waals surface area contributed by atoms with Crippen LogP contribution in [0.25, 0.3) is 0 Å². The van der Waals surface area contributed by atoms with Crippen molar-refractivity contribution in [3.63, 3.8) is 0 Å². The molecule has 3 unspecified atom stereocenters. The van der Waals surface area contributed by atoms with Crippen LogP contribution in [0, 0.1) is 23.2 Å². The van der Waals surface area contributed by atoms with Gasteiger partial charge in [0.1, 0.15) is 11.6 Å². The number of carbonyl (C=O) groups is 3. The summed E-state index contributed by atoms with van der Waals surface area (Å²) in [5.41, 5.74) is -1.95. The Morgan fingerprint density at radius 2 is 1.78 bits per heavy atom. The molecule has 2 bridgehead atoms. The Bertz CT molecular complexity index is 1070. The Balaban J connectivity index is 1.74. The molecule has 3 amide bonds. The zero-order valence-electron chi connectivity index (χ0n) is 23.4. The van der Waals surface area contributed by atoms with Gasteiger partial charge >= 0.3 is 0 Å². The van der Waals surface area contributed by atoms with Gasteiger partial charge in [-0.2, -0.15) is 0 Å². The summed E-state index contributed by atoms with van der Waals surface area (Å²) in [6.45, 7) is 15.7. The van der Waals surface area contributed by atoms with Gasteiger partial charge in [0.25, 0.3) is 0 Å². The van der Waals surface area contributed by atoms with E-state index in [2.05, 4.69) is 31.4 Å². The van der Waals surface area contributed by atoms with Crippen molar-refractivity contribution in [2.75, 3.05) is 11.9 Å². The highest BCUT2D eigenvalue weighted by Crippen LogP contribution is 2.65. The lowest BCUT2D eigenvalue weighted by molar-refractivity contribution is -0.150. The average molecular weight is 514 g/mol. The lowest BCUT2D eigenvalue weighted by atomic mass is 9.62. The number of nitrogens with zero attached hydrogens (tertiary/aromatic N) is 1. The molecule has 3 heterocycles. The highest BCUT2D eigenvalue weighted by Gasteiger charge is 2.80. The average Bonchev–Trinajstić information content (AvgIpc) is 3.28. The van der Waals surface area contributed by atoms with Crippen LogP contribution >= 0.6 is 0 Å². The van der Waals surface area contributed by atoms with Crippen LogP contribution in [0.15, 0.2) is 30.3 Å². The standard InChI is InChI=1S/C29H43N3O5/c1-17-14-29-21(20(28(17,8)37-29)23(34)30-19-12-10-9-11-13-19)25(36)32(18(2)15-33)22(29)24(35)31-27(6,7)16-26(3,4)5/h9-13,17-18,20-22,33H,14-16H2,1-8H3,(H,30,34)(H,31,35)/t17?,18-,20+,21+,22?,28-,29?/m1/s1. The van der Waals surface area contributed by atoms with Crippen molar-refractivity contribution in [3.8, 4) is 0 Å². The van der Waals surface area contributed by atoms with Gasteiger partial charge < -0.3 is 25.4 Å². The number of benzene rings is 1. The van der Waals surface area contributed by atoms with Gasteiger partial charge in [-0.15, -0.1) is 0 Å². The van der Waals surface area contributed by atoms with Crippen molar-refractivity contribution in [2.45, 2.75) is 97.1 Å². The molecule has 1 spiro atoms. The molecule has 4 rings (SSSR count). The van der Waals surface area contributed by atoms with E-state index in [9.17, 15) is 19.5 Å². The van der Waals surface area contributed by atoms with E-state index in [1.165, 1.54) is 4.90 Å². The van der Waals surface area contributed by atoms with Crippen LogP contribution in [0.1, 0.15) is 68.2 Å². The second-order valence-corrected chi connectivity index (χ2v) is 13.4. The van der Waals surface area contributed by atoms with Gasteiger partial charge in [-0.25, -0.2) is 0 Å². The minimum atomic E-state index is -1.14. The SMILES string of the molecule is CC1CC23O[C@@]1(C)[C@H](C(=O)Nc1ccccc1)[C@H]2C(=O)N([C@H](C)CO)C3C(=O)NC(C)(C)CC(C)(C)C. The number of aliphatic hydroxyl groups is 1. The number of hydrogen-bond acceptors (Lipinski definition) is 5. The molecule has 3 fully saturated rings. The quantitative estimate of drug-likeness (QED) is 0.518. The first-order valence-electron chi connectivity index (χ1n) is 13.4. The van der Waals surface area contributed by atoms with Crippen LogP contribution in [-0.4, -0.2) is 63.2 Å². The van der Waals surface area contributed by atoms with Gasteiger partial charge in [-0.3, -0.25) is 14.4 Å². The number of ether oxygens (including phenoxy) is 1. The second-order valence-electron chi connectivity index (χ2n) is 13.4.